The van der Waals surface area contributed by atoms with E-state index in [4.69, 9.17) is 0 Å². The maximum absolute atomic E-state index is 12.8. The fourth-order valence-corrected chi connectivity index (χ4v) is 4.22. The number of carbonyl (C=O) groups is 2. The Balaban J connectivity index is 1.42. The number of rotatable bonds is 6. The number of piperidine rings is 1. The highest BCUT2D eigenvalue weighted by Crippen LogP contribution is 2.22. The molecule has 0 aliphatic carbocycles. The predicted octanol–water partition coefficient (Wildman–Crippen LogP) is 4.63. The van der Waals surface area contributed by atoms with E-state index in [-0.39, 0.29) is 11.8 Å². The molecule has 30 heavy (non-hydrogen) atoms. The minimum Gasteiger partial charge on any atom is -0.321 e. The highest BCUT2D eigenvalue weighted by Gasteiger charge is 2.17. The van der Waals surface area contributed by atoms with Crippen molar-refractivity contribution in [3.63, 3.8) is 0 Å². The summed E-state index contributed by atoms with van der Waals surface area (Å²) < 4.78 is 0. The molecule has 0 atom stereocenters. The van der Waals surface area contributed by atoms with Gasteiger partial charge >= 0.3 is 0 Å². The van der Waals surface area contributed by atoms with Crippen LogP contribution < -0.4 is 10.6 Å². The summed E-state index contributed by atoms with van der Waals surface area (Å²) in [5.74, 6) is -0.549. The van der Waals surface area contributed by atoms with Gasteiger partial charge in [0.15, 0.2) is 5.13 Å². The molecule has 3 aromatic rings. The number of nitrogens with zero attached hydrogens (tertiary/aromatic N) is 2. The normalized spacial score (nSPS) is 14.3. The van der Waals surface area contributed by atoms with Gasteiger partial charge in [-0.15, -0.1) is 11.3 Å². The molecule has 4 rings (SSSR count). The molecule has 1 aliphatic rings. The van der Waals surface area contributed by atoms with Crippen LogP contribution in [0.15, 0.2) is 60.0 Å². The minimum atomic E-state index is -0.294. The number of likely N-dealkylation sites (tertiary alicyclic amines) is 1. The summed E-state index contributed by atoms with van der Waals surface area (Å²) in [6.45, 7) is 3.03. The molecule has 0 saturated carbocycles. The quantitative estimate of drug-likeness (QED) is 0.610. The van der Waals surface area contributed by atoms with Gasteiger partial charge in [-0.05, 0) is 50.2 Å². The Morgan fingerprint density at radius 1 is 0.900 bits per heavy atom. The van der Waals surface area contributed by atoms with Gasteiger partial charge in [-0.1, -0.05) is 36.8 Å². The summed E-state index contributed by atoms with van der Waals surface area (Å²) in [4.78, 5) is 32.3. The molecule has 154 valence electrons. The van der Waals surface area contributed by atoms with Crippen molar-refractivity contribution in [2.45, 2.75) is 25.8 Å². The van der Waals surface area contributed by atoms with Gasteiger partial charge in [-0.3, -0.25) is 19.8 Å². The highest BCUT2D eigenvalue weighted by atomic mass is 32.1. The van der Waals surface area contributed by atoms with Crippen LogP contribution in [-0.4, -0.2) is 34.8 Å². The van der Waals surface area contributed by atoms with Crippen molar-refractivity contribution in [1.82, 2.24) is 9.88 Å². The zero-order valence-electron chi connectivity index (χ0n) is 16.6. The van der Waals surface area contributed by atoms with E-state index >= 15 is 0 Å². The van der Waals surface area contributed by atoms with Crippen LogP contribution in [0.5, 0.6) is 0 Å². The van der Waals surface area contributed by atoms with Crippen molar-refractivity contribution in [1.29, 1.82) is 0 Å². The number of nitrogens with one attached hydrogen (secondary N) is 2. The first-order chi connectivity index (χ1) is 14.7. The van der Waals surface area contributed by atoms with Gasteiger partial charge in [0, 0.05) is 17.5 Å². The predicted molar refractivity (Wildman–Crippen MR) is 120 cm³/mol. The van der Waals surface area contributed by atoms with Crippen LogP contribution >= 0.6 is 11.3 Å². The number of para-hydroxylation sites is 1. The van der Waals surface area contributed by atoms with Crippen molar-refractivity contribution in [2.75, 3.05) is 23.7 Å². The zero-order valence-corrected chi connectivity index (χ0v) is 17.5. The summed E-state index contributed by atoms with van der Waals surface area (Å²) in [5, 5.41) is 8.26. The SMILES string of the molecule is O=C(Nc1ccccc1C(=O)Nc1nc(CN2CCCCC2)cs1)c1ccccc1. The molecule has 0 spiro atoms. The topological polar surface area (TPSA) is 74.3 Å². The Hall–Kier alpha value is -3.03. The van der Waals surface area contributed by atoms with Crippen molar-refractivity contribution >= 4 is 34.0 Å². The second kappa shape index (κ2) is 9.65. The third kappa shape index (κ3) is 5.11. The molecule has 0 radical (unpaired) electrons. The number of hydrogen-bond donors (Lipinski definition) is 2. The number of hydrogen-bond acceptors (Lipinski definition) is 5. The van der Waals surface area contributed by atoms with Crippen molar-refractivity contribution in [3.8, 4) is 0 Å². The smallest absolute Gasteiger partial charge is 0.259 e. The molecule has 6 nitrogen and oxygen atoms in total. The lowest BCUT2D eigenvalue weighted by Crippen LogP contribution is -2.29. The number of carbonyl (C=O) groups excluding carboxylic acids is 2. The van der Waals surface area contributed by atoms with E-state index in [9.17, 15) is 9.59 Å². The molecule has 0 unspecified atom stereocenters. The summed E-state index contributed by atoms with van der Waals surface area (Å²) in [7, 11) is 0. The summed E-state index contributed by atoms with van der Waals surface area (Å²) >= 11 is 1.42. The van der Waals surface area contributed by atoms with Crippen molar-refractivity contribution in [3.05, 3.63) is 76.8 Å². The van der Waals surface area contributed by atoms with Gasteiger partial charge in [0.05, 0.1) is 16.9 Å². The lowest BCUT2D eigenvalue weighted by atomic mass is 10.1. The average molecular weight is 421 g/mol. The van der Waals surface area contributed by atoms with Gasteiger partial charge in [0.1, 0.15) is 0 Å². The number of amides is 2. The maximum atomic E-state index is 12.8. The molecular formula is C23H24N4O2S. The van der Waals surface area contributed by atoms with E-state index in [0.29, 0.717) is 21.9 Å². The molecule has 1 aromatic heterocycles. The van der Waals surface area contributed by atoms with E-state index in [0.717, 1.165) is 25.3 Å². The van der Waals surface area contributed by atoms with Crippen LogP contribution in [0.3, 0.4) is 0 Å². The summed E-state index contributed by atoms with van der Waals surface area (Å²) in [5.41, 5.74) is 2.38. The fourth-order valence-electron chi connectivity index (χ4n) is 3.52. The molecule has 1 fully saturated rings. The van der Waals surface area contributed by atoms with Crippen LogP contribution in [0.1, 0.15) is 45.7 Å². The van der Waals surface area contributed by atoms with E-state index in [1.165, 1.54) is 30.6 Å². The van der Waals surface area contributed by atoms with Gasteiger partial charge in [0.25, 0.3) is 11.8 Å². The molecular weight excluding hydrogens is 396 g/mol. The standard InChI is InChI=1S/C23H24N4O2S/c28-21(17-9-3-1-4-10-17)25-20-12-6-5-11-19(20)22(29)26-23-24-18(16-30-23)15-27-13-7-2-8-14-27/h1,3-6,9-12,16H,2,7-8,13-15H2,(H,25,28)(H,24,26,29). The van der Waals surface area contributed by atoms with Gasteiger partial charge in [-0.2, -0.15) is 0 Å². The monoisotopic (exact) mass is 420 g/mol. The molecule has 2 N–H and O–H groups in total. The Kier molecular flexibility index (Phi) is 6.51. The molecule has 2 amide bonds. The first-order valence-corrected chi connectivity index (χ1v) is 11.0. The van der Waals surface area contributed by atoms with Gasteiger partial charge in [0.2, 0.25) is 0 Å². The summed E-state index contributed by atoms with van der Waals surface area (Å²) in [6.07, 6.45) is 3.77. The van der Waals surface area contributed by atoms with E-state index < -0.39 is 0 Å². The van der Waals surface area contributed by atoms with Crippen molar-refractivity contribution in [2.24, 2.45) is 0 Å². The van der Waals surface area contributed by atoms with Crippen molar-refractivity contribution < 1.29 is 9.59 Å². The van der Waals surface area contributed by atoms with E-state index in [1.807, 2.05) is 11.4 Å². The first-order valence-electron chi connectivity index (χ1n) is 10.1. The minimum absolute atomic E-state index is 0.256. The number of aromatic nitrogens is 1. The van der Waals surface area contributed by atoms with Crippen LogP contribution in [0, 0.1) is 0 Å². The van der Waals surface area contributed by atoms with Crippen LogP contribution in [0.4, 0.5) is 10.8 Å². The molecule has 2 heterocycles. The number of benzene rings is 2. The highest BCUT2D eigenvalue weighted by molar-refractivity contribution is 7.14. The lowest BCUT2D eigenvalue weighted by Gasteiger charge is -2.25. The van der Waals surface area contributed by atoms with E-state index in [2.05, 4.69) is 20.5 Å². The molecule has 1 aliphatic heterocycles. The van der Waals surface area contributed by atoms with Gasteiger partial charge < -0.3 is 5.32 Å². The van der Waals surface area contributed by atoms with Crippen LogP contribution in [0.2, 0.25) is 0 Å². The van der Waals surface area contributed by atoms with Gasteiger partial charge in [-0.25, -0.2) is 4.98 Å². The summed E-state index contributed by atoms with van der Waals surface area (Å²) in [6, 6.07) is 15.9. The zero-order chi connectivity index (χ0) is 20.8. The third-order valence-electron chi connectivity index (χ3n) is 5.06. The molecule has 7 heteroatoms. The Morgan fingerprint density at radius 3 is 2.43 bits per heavy atom. The Labute approximate surface area is 180 Å². The lowest BCUT2D eigenvalue weighted by molar-refractivity contribution is 0.102. The van der Waals surface area contributed by atoms with Crippen LogP contribution in [-0.2, 0) is 6.54 Å². The Morgan fingerprint density at radius 2 is 1.63 bits per heavy atom. The number of anilines is 2. The fraction of sp³-hybridized carbons (Fsp3) is 0.261. The first kappa shape index (κ1) is 20.3. The number of thiazole rings is 1. The second-order valence-electron chi connectivity index (χ2n) is 7.30. The third-order valence-corrected chi connectivity index (χ3v) is 5.87. The van der Waals surface area contributed by atoms with E-state index in [1.54, 1.807) is 48.5 Å². The largest absolute Gasteiger partial charge is 0.321 e. The molecule has 2 aromatic carbocycles. The Bertz CT molecular complexity index is 1010. The second-order valence-corrected chi connectivity index (χ2v) is 8.16. The maximum Gasteiger partial charge on any atom is 0.259 e. The molecule has 0 bridgehead atoms. The van der Waals surface area contributed by atoms with Crippen LogP contribution in [0.25, 0.3) is 0 Å². The average Bonchev–Trinajstić information content (AvgIpc) is 3.22. The molecule has 1 saturated heterocycles.